The van der Waals surface area contributed by atoms with Gasteiger partial charge in [0.2, 0.25) is 10.0 Å². The van der Waals surface area contributed by atoms with Crippen LogP contribution in [0, 0.1) is 6.92 Å². The molecule has 1 fully saturated rings. The third-order valence-corrected chi connectivity index (χ3v) is 5.30. The van der Waals surface area contributed by atoms with E-state index in [0.717, 1.165) is 18.5 Å². The highest BCUT2D eigenvalue weighted by Gasteiger charge is 2.37. The van der Waals surface area contributed by atoms with Gasteiger partial charge in [-0.05, 0) is 25.8 Å². The molecule has 0 saturated carbocycles. The van der Waals surface area contributed by atoms with Gasteiger partial charge < -0.3 is 0 Å². The Labute approximate surface area is 117 Å². The monoisotopic (exact) mass is 293 g/mol. The molecule has 1 aliphatic heterocycles. The van der Waals surface area contributed by atoms with Crippen molar-refractivity contribution in [3.63, 3.8) is 0 Å². The number of H-pyrrole nitrogens is 1. The van der Waals surface area contributed by atoms with E-state index in [-0.39, 0.29) is 10.9 Å². The second-order valence-corrected chi connectivity index (χ2v) is 6.63. The van der Waals surface area contributed by atoms with Gasteiger partial charge in [-0.2, -0.15) is 9.40 Å². The quantitative estimate of drug-likeness (QED) is 0.912. The molecule has 2 aromatic rings. The molecule has 0 radical (unpaired) electrons. The predicted octanol–water partition coefficient (Wildman–Crippen LogP) is 1.03. The first kappa shape index (κ1) is 13.2. The number of aromatic nitrogens is 4. The largest absolute Gasteiger partial charge is 0.284 e. The van der Waals surface area contributed by atoms with E-state index in [4.69, 9.17) is 0 Å². The lowest BCUT2D eigenvalue weighted by Gasteiger charge is -2.22. The number of nitrogens with zero attached hydrogens (tertiary/aromatic N) is 4. The summed E-state index contributed by atoms with van der Waals surface area (Å²) in [5.74, 6) is 0.648. The molecule has 0 bridgehead atoms. The first-order valence-electron chi connectivity index (χ1n) is 6.39. The van der Waals surface area contributed by atoms with Crippen LogP contribution < -0.4 is 0 Å². The van der Waals surface area contributed by atoms with Crippen molar-refractivity contribution in [3.8, 4) is 0 Å². The zero-order valence-electron chi connectivity index (χ0n) is 11.0. The van der Waals surface area contributed by atoms with E-state index < -0.39 is 10.0 Å². The van der Waals surface area contributed by atoms with Gasteiger partial charge in [0.15, 0.2) is 0 Å². The molecule has 0 aromatic carbocycles. The Morgan fingerprint density at radius 1 is 1.45 bits per heavy atom. The Hall–Kier alpha value is -1.80. The van der Waals surface area contributed by atoms with E-state index in [9.17, 15) is 8.42 Å². The summed E-state index contributed by atoms with van der Waals surface area (Å²) < 4.78 is 26.7. The average molecular weight is 293 g/mol. The van der Waals surface area contributed by atoms with Crippen LogP contribution in [0.4, 0.5) is 0 Å². The molecule has 3 heterocycles. The topological polar surface area (TPSA) is 91.8 Å². The van der Waals surface area contributed by atoms with E-state index in [1.54, 1.807) is 19.2 Å². The smallest absolute Gasteiger partial charge is 0.246 e. The van der Waals surface area contributed by atoms with E-state index in [1.807, 2.05) is 0 Å². The van der Waals surface area contributed by atoms with Gasteiger partial charge in [0.1, 0.15) is 10.7 Å². The fourth-order valence-corrected chi connectivity index (χ4v) is 4.08. The zero-order valence-corrected chi connectivity index (χ0v) is 11.8. The van der Waals surface area contributed by atoms with Crippen molar-refractivity contribution in [1.29, 1.82) is 0 Å². The van der Waals surface area contributed by atoms with Crippen LogP contribution in [0.2, 0.25) is 0 Å². The molecular formula is C12H15N5O2S. The van der Waals surface area contributed by atoms with Gasteiger partial charge in [0, 0.05) is 18.9 Å². The van der Waals surface area contributed by atoms with Gasteiger partial charge in [0.05, 0.1) is 17.9 Å². The van der Waals surface area contributed by atoms with Crippen molar-refractivity contribution < 1.29 is 8.42 Å². The molecule has 3 rings (SSSR count). The summed E-state index contributed by atoms with van der Waals surface area (Å²) >= 11 is 0. The maximum absolute atomic E-state index is 12.6. The first-order valence-corrected chi connectivity index (χ1v) is 7.83. The lowest BCUT2D eigenvalue weighted by molar-refractivity contribution is 0.389. The summed E-state index contributed by atoms with van der Waals surface area (Å²) in [6.45, 7) is 2.30. The Bertz CT molecular complexity index is 698. The van der Waals surface area contributed by atoms with Crippen LogP contribution in [0.1, 0.15) is 30.4 Å². The van der Waals surface area contributed by atoms with Crippen LogP contribution in [0.25, 0.3) is 0 Å². The Kier molecular flexibility index (Phi) is 3.27. The van der Waals surface area contributed by atoms with Crippen LogP contribution in [0.15, 0.2) is 29.6 Å². The van der Waals surface area contributed by atoms with Crippen LogP contribution in [0.5, 0.6) is 0 Å². The van der Waals surface area contributed by atoms with Crippen LogP contribution in [-0.2, 0) is 10.0 Å². The summed E-state index contributed by atoms with van der Waals surface area (Å²) in [4.78, 5) is 8.60. The highest BCUT2D eigenvalue weighted by molar-refractivity contribution is 7.89. The highest BCUT2D eigenvalue weighted by Crippen LogP contribution is 2.35. The summed E-state index contributed by atoms with van der Waals surface area (Å²) in [6.07, 6.45) is 5.99. The molecule has 1 saturated heterocycles. The molecule has 1 atom stereocenters. The van der Waals surface area contributed by atoms with Crippen LogP contribution in [0.3, 0.4) is 0 Å². The molecular weight excluding hydrogens is 278 g/mol. The standard InChI is InChI=1S/C12H15N5O2S/c1-9-13-5-4-11(16-9)12-3-2-6-17(12)20(18,19)10-7-14-15-8-10/h4-5,7-8,12H,2-3,6H2,1H3,(H,14,15)/t12-/m0/s1. The number of aryl methyl sites for hydroxylation is 1. The third kappa shape index (κ3) is 2.20. The van der Waals surface area contributed by atoms with Crippen molar-refractivity contribution >= 4 is 10.0 Å². The molecule has 2 aromatic heterocycles. The molecule has 0 aliphatic carbocycles. The fraction of sp³-hybridized carbons (Fsp3) is 0.417. The second-order valence-electron chi connectivity index (χ2n) is 4.74. The number of rotatable bonds is 3. The Morgan fingerprint density at radius 3 is 3.00 bits per heavy atom. The second kappa shape index (κ2) is 4.95. The molecule has 0 spiro atoms. The molecule has 1 N–H and O–H groups in total. The minimum absolute atomic E-state index is 0.190. The van der Waals surface area contributed by atoms with Crippen molar-refractivity contribution in [2.45, 2.75) is 30.7 Å². The highest BCUT2D eigenvalue weighted by atomic mass is 32.2. The van der Waals surface area contributed by atoms with Crippen molar-refractivity contribution in [2.75, 3.05) is 6.54 Å². The van der Waals surface area contributed by atoms with Crippen molar-refractivity contribution in [2.24, 2.45) is 0 Å². The third-order valence-electron chi connectivity index (χ3n) is 3.42. The Morgan fingerprint density at radius 2 is 2.30 bits per heavy atom. The molecule has 1 aliphatic rings. The Balaban J connectivity index is 1.98. The molecule has 8 heteroatoms. The van der Waals surface area contributed by atoms with E-state index in [1.165, 1.54) is 16.7 Å². The zero-order chi connectivity index (χ0) is 14.2. The van der Waals surface area contributed by atoms with E-state index in [0.29, 0.717) is 12.4 Å². The van der Waals surface area contributed by atoms with Crippen molar-refractivity contribution in [3.05, 3.63) is 36.2 Å². The summed E-state index contributed by atoms with van der Waals surface area (Å²) in [5, 5.41) is 6.26. The van der Waals surface area contributed by atoms with Crippen LogP contribution in [-0.4, -0.2) is 39.4 Å². The minimum atomic E-state index is -3.53. The van der Waals surface area contributed by atoms with Gasteiger partial charge in [-0.15, -0.1) is 0 Å². The normalized spacial score (nSPS) is 20.4. The summed E-state index contributed by atoms with van der Waals surface area (Å²) in [6, 6.07) is 1.55. The van der Waals surface area contributed by atoms with E-state index in [2.05, 4.69) is 20.2 Å². The molecule has 0 unspecified atom stereocenters. The summed E-state index contributed by atoms with van der Waals surface area (Å²) in [5.41, 5.74) is 0.752. The average Bonchev–Trinajstić information content (AvgIpc) is 3.11. The molecule has 7 nitrogen and oxygen atoms in total. The number of hydrogen-bond donors (Lipinski definition) is 1. The number of hydrogen-bond acceptors (Lipinski definition) is 5. The van der Waals surface area contributed by atoms with Gasteiger partial charge in [-0.1, -0.05) is 0 Å². The van der Waals surface area contributed by atoms with Gasteiger partial charge in [-0.3, -0.25) is 5.10 Å². The fourth-order valence-electron chi connectivity index (χ4n) is 2.50. The molecule has 106 valence electrons. The lowest BCUT2D eigenvalue weighted by Crippen LogP contribution is -2.31. The first-order chi connectivity index (χ1) is 9.59. The summed E-state index contributed by atoms with van der Waals surface area (Å²) in [7, 11) is -3.53. The predicted molar refractivity (Wildman–Crippen MR) is 71.2 cm³/mol. The maximum Gasteiger partial charge on any atom is 0.246 e. The van der Waals surface area contributed by atoms with Crippen LogP contribution >= 0.6 is 0 Å². The minimum Gasteiger partial charge on any atom is -0.284 e. The van der Waals surface area contributed by atoms with Crippen molar-refractivity contribution in [1.82, 2.24) is 24.5 Å². The SMILES string of the molecule is Cc1nccc([C@@H]2CCCN2S(=O)(=O)c2cn[nH]c2)n1. The lowest BCUT2D eigenvalue weighted by atomic mass is 10.1. The van der Waals surface area contributed by atoms with Gasteiger partial charge >= 0.3 is 0 Å². The molecule has 20 heavy (non-hydrogen) atoms. The van der Waals surface area contributed by atoms with Gasteiger partial charge in [-0.25, -0.2) is 18.4 Å². The van der Waals surface area contributed by atoms with E-state index >= 15 is 0 Å². The van der Waals surface area contributed by atoms with Gasteiger partial charge in [0.25, 0.3) is 0 Å². The molecule has 0 amide bonds. The number of sulfonamides is 1. The number of aromatic amines is 1. The maximum atomic E-state index is 12.6. The number of nitrogens with one attached hydrogen (secondary N) is 1.